The van der Waals surface area contributed by atoms with Crippen molar-refractivity contribution in [2.24, 2.45) is 0 Å². The molecule has 0 aliphatic heterocycles. The van der Waals surface area contributed by atoms with Crippen molar-refractivity contribution in [3.8, 4) is 5.75 Å². The number of aryl methyl sites for hydroxylation is 3. The molecule has 2 aromatic carbocycles. The van der Waals surface area contributed by atoms with Crippen LogP contribution in [0.25, 0.3) is 0 Å². The van der Waals surface area contributed by atoms with Crippen molar-refractivity contribution in [1.82, 2.24) is 4.90 Å². The van der Waals surface area contributed by atoms with E-state index >= 15 is 0 Å². The number of hydrogen-bond acceptors (Lipinski definition) is 3. The van der Waals surface area contributed by atoms with Gasteiger partial charge in [-0.1, -0.05) is 17.7 Å². The van der Waals surface area contributed by atoms with E-state index in [1.165, 1.54) is 24.1 Å². The number of amides is 2. The van der Waals surface area contributed by atoms with Crippen molar-refractivity contribution in [3.05, 3.63) is 58.7 Å². The highest BCUT2D eigenvalue weighted by Crippen LogP contribution is 2.23. The van der Waals surface area contributed by atoms with Gasteiger partial charge in [-0.15, -0.1) is 13.2 Å². The normalized spacial score (nSPS) is 11.1. The molecule has 1 N–H and O–H groups in total. The van der Waals surface area contributed by atoms with Crippen LogP contribution in [0, 0.1) is 20.8 Å². The zero-order chi connectivity index (χ0) is 21.1. The first kappa shape index (κ1) is 21.3. The number of alkyl halides is 3. The van der Waals surface area contributed by atoms with E-state index in [0.717, 1.165) is 28.8 Å². The van der Waals surface area contributed by atoms with Gasteiger partial charge >= 0.3 is 6.36 Å². The van der Waals surface area contributed by atoms with Gasteiger partial charge in [0.25, 0.3) is 5.91 Å². The van der Waals surface area contributed by atoms with Crippen LogP contribution in [-0.2, 0) is 4.79 Å². The maximum Gasteiger partial charge on any atom is 0.573 e. The highest BCUT2D eigenvalue weighted by molar-refractivity contribution is 5.99. The molecule has 0 bridgehead atoms. The number of likely N-dealkylation sites (N-methyl/N-ethyl adjacent to an activating group) is 1. The summed E-state index contributed by atoms with van der Waals surface area (Å²) >= 11 is 0. The van der Waals surface area contributed by atoms with Gasteiger partial charge in [-0.25, -0.2) is 0 Å². The summed E-state index contributed by atoms with van der Waals surface area (Å²) in [5.41, 5.74) is 3.76. The summed E-state index contributed by atoms with van der Waals surface area (Å²) in [6.07, 6.45) is -4.80. The lowest BCUT2D eigenvalue weighted by atomic mass is 10.1. The molecule has 0 saturated heterocycles. The Morgan fingerprint density at radius 2 is 1.57 bits per heavy atom. The first-order valence-corrected chi connectivity index (χ1v) is 8.45. The fraction of sp³-hybridized carbons (Fsp3) is 0.300. The second kappa shape index (κ2) is 8.33. The lowest BCUT2D eigenvalue weighted by Crippen LogP contribution is -2.35. The monoisotopic (exact) mass is 394 g/mol. The molecule has 0 fully saturated rings. The quantitative estimate of drug-likeness (QED) is 0.826. The van der Waals surface area contributed by atoms with Gasteiger partial charge in [-0.05, 0) is 56.2 Å². The predicted octanol–water partition coefficient (Wildman–Crippen LogP) is 4.22. The summed E-state index contributed by atoms with van der Waals surface area (Å²) in [6.45, 7) is 5.53. The molecule has 2 rings (SSSR count). The molecule has 2 aromatic rings. The third-order valence-electron chi connectivity index (χ3n) is 4.00. The molecule has 0 aliphatic carbocycles. The van der Waals surface area contributed by atoms with Crippen molar-refractivity contribution in [2.75, 3.05) is 18.9 Å². The first-order valence-electron chi connectivity index (χ1n) is 8.45. The Kier molecular flexibility index (Phi) is 6.33. The first-order chi connectivity index (χ1) is 13.0. The Hall–Kier alpha value is -3.03. The largest absolute Gasteiger partial charge is 0.573 e. The molecule has 0 spiro atoms. The van der Waals surface area contributed by atoms with Crippen LogP contribution in [0.5, 0.6) is 5.75 Å². The molecule has 5 nitrogen and oxygen atoms in total. The zero-order valence-corrected chi connectivity index (χ0v) is 16.0. The second-order valence-electron chi connectivity index (χ2n) is 6.56. The summed E-state index contributed by atoms with van der Waals surface area (Å²) in [4.78, 5) is 25.9. The third-order valence-corrected chi connectivity index (χ3v) is 4.00. The number of anilines is 1. The fourth-order valence-electron chi connectivity index (χ4n) is 2.86. The average molecular weight is 394 g/mol. The molecule has 0 aromatic heterocycles. The number of benzene rings is 2. The molecule has 0 saturated carbocycles. The highest BCUT2D eigenvalue weighted by Gasteiger charge is 2.31. The number of ether oxygens (including phenoxy) is 1. The zero-order valence-electron chi connectivity index (χ0n) is 16.0. The number of hydrogen-bond donors (Lipinski definition) is 1. The third kappa shape index (κ3) is 5.73. The number of nitrogens with zero attached hydrogens (tertiary/aromatic N) is 1. The summed E-state index contributed by atoms with van der Waals surface area (Å²) in [5, 5.41) is 2.80. The Labute approximate surface area is 161 Å². The fourth-order valence-corrected chi connectivity index (χ4v) is 2.86. The Balaban J connectivity index is 2.01. The van der Waals surface area contributed by atoms with Crippen molar-refractivity contribution < 1.29 is 27.5 Å². The summed E-state index contributed by atoms with van der Waals surface area (Å²) < 4.78 is 40.3. The molecule has 0 heterocycles. The van der Waals surface area contributed by atoms with Crippen LogP contribution in [0.15, 0.2) is 36.4 Å². The van der Waals surface area contributed by atoms with Gasteiger partial charge in [0.1, 0.15) is 5.75 Å². The Bertz CT molecular complexity index is 854. The van der Waals surface area contributed by atoms with Gasteiger partial charge in [0, 0.05) is 18.3 Å². The number of rotatable bonds is 5. The SMILES string of the molecule is Cc1cc(C)c(NC(=O)CN(C)C(=O)c2ccc(OC(F)(F)F)cc2)c(C)c1. The van der Waals surface area contributed by atoms with E-state index in [2.05, 4.69) is 10.1 Å². The van der Waals surface area contributed by atoms with E-state index in [-0.39, 0.29) is 18.0 Å². The standard InChI is InChI=1S/C20H21F3N2O3/c1-12-9-13(2)18(14(3)10-12)24-17(26)11-25(4)19(27)15-5-7-16(8-6-15)28-20(21,22)23/h5-10H,11H2,1-4H3,(H,24,26). The molecule has 150 valence electrons. The maximum absolute atomic E-state index is 12.4. The molecular weight excluding hydrogens is 373 g/mol. The van der Waals surface area contributed by atoms with E-state index in [4.69, 9.17) is 0 Å². The van der Waals surface area contributed by atoms with Gasteiger partial charge < -0.3 is 15.0 Å². The molecule has 8 heteroatoms. The van der Waals surface area contributed by atoms with Gasteiger partial charge in [0.2, 0.25) is 5.91 Å². The smallest absolute Gasteiger partial charge is 0.406 e. The molecular formula is C20H21F3N2O3. The van der Waals surface area contributed by atoms with Gasteiger partial charge in [0.05, 0.1) is 6.54 Å². The summed E-state index contributed by atoms with van der Waals surface area (Å²) in [7, 11) is 1.44. The summed E-state index contributed by atoms with van der Waals surface area (Å²) in [6, 6.07) is 8.42. The Morgan fingerprint density at radius 3 is 2.07 bits per heavy atom. The van der Waals surface area contributed by atoms with E-state index in [1.54, 1.807) is 0 Å². The van der Waals surface area contributed by atoms with Gasteiger partial charge in [-0.2, -0.15) is 0 Å². The highest BCUT2D eigenvalue weighted by atomic mass is 19.4. The molecule has 0 unspecified atom stereocenters. The molecule has 0 radical (unpaired) electrons. The molecule has 28 heavy (non-hydrogen) atoms. The van der Waals surface area contributed by atoms with E-state index in [1.807, 2.05) is 32.9 Å². The number of nitrogens with one attached hydrogen (secondary N) is 1. The van der Waals surface area contributed by atoms with E-state index in [0.29, 0.717) is 5.69 Å². The van der Waals surface area contributed by atoms with Crippen LogP contribution in [0.2, 0.25) is 0 Å². The minimum absolute atomic E-state index is 0.146. The van der Waals surface area contributed by atoms with Gasteiger partial charge in [0.15, 0.2) is 0 Å². The average Bonchev–Trinajstić information content (AvgIpc) is 2.56. The number of halogens is 3. The van der Waals surface area contributed by atoms with Crippen LogP contribution >= 0.6 is 0 Å². The lowest BCUT2D eigenvalue weighted by molar-refractivity contribution is -0.274. The molecule has 0 atom stereocenters. The van der Waals surface area contributed by atoms with E-state index in [9.17, 15) is 22.8 Å². The van der Waals surface area contributed by atoms with Crippen LogP contribution in [0.1, 0.15) is 27.0 Å². The van der Waals surface area contributed by atoms with Crippen LogP contribution in [0.3, 0.4) is 0 Å². The predicted molar refractivity (Wildman–Crippen MR) is 99.4 cm³/mol. The molecule has 2 amide bonds. The second-order valence-corrected chi connectivity index (χ2v) is 6.56. The number of carbonyl (C=O) groups excluding carboxylic acids is 2. The van der Waals surface area contributed by atoms with Crippen LogP contribution < -0.4 is 10.1 Å². The summed E-state index contributed by atoms with van der Waals surface area (Å²) in [5.74, 6) is -1.29. The van der Waals surface area contributed by atoms with Crippen molar-refractivity contribution in [1.29, 1.82) is 0 Å². The van der Waals surface area contributed by atoms with Crippen LogP contribution in [0.4, 0.5) is 18.9 Å². The van der Waals surface area contributed by atoms with Gasteiger partial charge in [-0.3, -0.25) is 9.59 Å². The minimum atomic E-state index is -4.80. The van der Waals surface area contributed by atoms with Crippen LogP contribution in [-0.4, -0.2) is 36.7 Å². The maximum atomic E-state index is 12.4. The molecule has 0 aliphatic rings. The Morgan fingerprint density at radius 1 is 1.04 bits per heavy atom. The lowest BCUT2D eigenvalue weighted by Gasteiger charge is -2.19. The van der Waals surface area contributed by atoms with Crippen molar-refractivity contribution in [3.63, 3.8) is 0 Å². The van der Waals surface area contributed by atoms with Crippen molar-refractivity contribution in [2.45, 2.75) is 27.1 Å². The van der Waals surface area contributed by atoms with E-state index < -0.39 is 18.0 Å². The van der Waals surface area contributed by atoms with Crippen molar-refractivity contribution >= 4 is 17.5 Å². The topological polar surface area (TPSA) is 58.6 Å². The minimum Gasteiger partial charge on any atom is -0.406 e. The number of carbonyl (C=O) groups is 2.